The normalized spacial score (nSPS) is 12.4. The first-order chi connectivity index (χ1) is 4.49. The average Bonchev–Trinajstić information content (AvgIpc) is 1.81. The summed E-state index contributed by atoms with van der Waals surface area (Å²) in [7, 11) is 0.944. The van der Waals surface area contributed by atoms with Crippen LogP contribution < -0.4 is 0 Å². The van der Waals surface area contributed by atoms with Crippen LogP contribution in [0.5, 0.6) is 0 Å². The first-order valence-electron chi connectivity index (χ1n) is 2.88. The van der Waals surface area contributed by atoms with Gasteiger partial charge in [-0.25, -0.2) is 0 Å². The molecule has 0 spiro atoms. The fraction of sp³-hybridized carbons (Fsp3) is 1.00. The fourth-order valence-electron chi connectivity index (χ4n) is 0.455. The van der Waals surface area contributed by atoms with E-state index in [0.717, 1.165) is 0 Å². The van der Waals surface area contributed by atoms with Crippen molar-refractivity contribution < 1.29 is 12.7 Å². The molecule has 0 saturated heterocycles. The molecule has 0 aliphatic heterocycles. The third-order valence-corrected chi connectivity index (χ3v) is 1.46. The number of halogens is 1. The van der Waals surface area contributed by atoms with E-state index in [-0.39, 0.29) is 0 Å². The van der Waals surface area contributed by atoms with Gasteiger partial charge in [0.15, 0.2) is 0 Å². The van der Waals surface area contributed by atoms with Gasteiger partial charge < -0.3 is 0 Å². The van der Waals surface area contributed by atoms with Crippen molar-refractivity contribution in [3.05, 3.63) is 0 Å². The smallest absolute Gasteiger partial charge is 0.180 e. The number of nitrogens with zero attached hydrogens (tertiary/aromatic N) is 1. The first kappa shape index (κ1) is 10.2. The summed E-state index contributed by atoms with van der Waals surface area (Å²) in [4.78, 5) is 0. The standard InChI is InChI=1S/C4H10ClNO3S/c1-3-6(4-2)9-10(5,7)8/h3-4H2,1-2H3. The van der Waals surface area contributed by atoms with Crippen LogP contribution in [0.1, 0.15) is 13.8 Å². The van der Waals surface area contributed by atoms with Gasteiger partial charge in [-0.05, 0) is 0 Å². The van der Waals surface area contributed by atoms with Gasteiger partial charge >= 0.3 is 9.33 Å². The van der Waals surface area contributed by atoms with Crippen molar-refractivity contribution in [1.29, 1.82) is 0 Å². The summed E-state index contributed by atoms with van der Waals surface area (Å²) in [6, 6.07) is 0. The Morgan fingerprint density at radius 2 is 1.80 bits per heavy atom. The molecule has 0 bridgehead atoms. The molecule has 0 aliphatic rings. The van der Waals surface area contributed by atoms with Crippen molar-refractivity contribution in [3.8, 4) is 0 Å². The second kappa shape index (κ2) is 4.12. The first-order valence-corrected chi connectivity index (χ1v) is 5.12. The number of hydroxylamine groups is 2. The highest BCUT2D eigenvalue weighted by Crippen LogP contribution is 2.02. The third kappa shape index (κ3) is 4.99. The lowest BCUT2D eigenvalue weighted by Gasteiger charge is -2.13. The fourth-order valence-corrected chi connectivity index (χ4v) is 1.16. The maximum Gasteiger partial charge on any atom is 0.371 e. The molecule has 6 heteroatoms. The molecule has 0 N–H and O–H groups in total. The van der Waals surface area contributed by atoms with Gasteiger partial charge in [0, 0.05) is 13.1 Å². The van der Waals surface area contributed by atoms with Crippen molar-refractivity contribution >= 4 is 20.0 Å². The van der Waals surface area contributed by atoms with Gasteiger partial charge in [-0.15, -0.1) is 0 Å². The van der Waals surface area contributed by atoms with Gasteiger partial charge in [0.05, 0.1) is 10.7 Å². The summed E-state index contributed by atoms with van der Waals surface area (Å²) in [5.74, 6) is 0. The van der Waals surface area contributed by atoms with E-state index in [0.29, 0.717) is 13.1 Å². The molecule has 0 amide bonds. The molecule has 10 heavy (non-hydrogen) atoms. The van der Waals surface area contributed by atoms with Crippen LogP contribution >= 0.6 is 10.7 Å². The minimum absolute atomic E-state index is 0.489. The van der Waals surface area contributed by atoms with Crippen LogP contribution in [0.4, 0.5) is 0 Å². The Labute approximate surface area is 65.3 Å². The van der Waals surface area contributed by atoms with Crippen molar-refractivity contribution in [3.63, 3.8) is 0 Å². The monoisotopic (exact) mass is 187 g/mol. The van der Waals surface area contributed by atoms with Gasteiger partial charge in [-0.3, -0.25) is 0 Å². The summed E-state index contributed by atoms with van der Waals surface area (Å²) < 4.78 is 24.8. The second-order valence-corrected chi connectivity index (χ2v) is 3.65. The van der Waals surface area contributed by atoms with Gasteiger partial charge in [-0.2, -0.15) is 17.8 Å². The molecule has 62 valence electrons. The SMILES string of the molecule is CCN(CC)OS(=O)(=O)Cl. The molecule has 0 unspecified atom stereocenters. The lowest BCUT2D eigenvalue weighted by atomic mass is 10.6. The largest absolute Gasteiger partial charge is 0.371 e. The summed E-state index contributed by atoms with van der Waals surface area (Å²) in [6.07, 6.45) is 0. The predicted molar refractivity (Wildman–Crippen MR) is 38.8 cm³/mol. The van der Waals surface area contributed by atoms with Gasteiger partial charge in [0.2, 0.25) is 0 Å². The molecule has 0 rings (SSSR count). The van der Waals surface area contributed by atoms with E-state index in [2.05, 4.69) is 4.28 Å². The number of rotatable bonds is 4. The van der Waals surface area contributed by atoms with E-state index in [1.807, 2.05) is 0 Å². The van der Waals surface area contributed by atoms with Crippen molar-refractivity contribution in [2.24, 2.45) is 0 Å². The maximum absolute atomic E-state index is 10.3. The van der Waals surface area contributed by atoms with Crippen LogP contribution in [0.15, 0.2) is 0 Å². The van der Waals surface area contributed by atoms with E-state index < -0.39 is 9.33 Å². The molecular weight excluding hydrogens is 178 g/mol. The molecule has 0 fully saturated rings. The zero-order valence-electron chi connectivity index (χ0n) is 5.87. The molecule has 0 aliphatic carbocycles. The zero-order valence-corrected chi connectivity index (χ0v) is 7.44. The highest BCUT2D eigenvalue weighted by molar-refractivity contribution is 8.09. The maximum atomic E-state index is 10.3. The molecule has 0 aromatic heterocycles. The summed E-state index contributed by atoms with van der Waals surface area (Å²) in [5.41, 5.74) is 0. The molecule has 0 heterocycles. The van der Waals surface area contributed by atoms with Crippen LogP contribution in [-0.2, 0) is 13.6 Å². The second-order valence-electron chi connectivity index (χ2n) is 1.58. The van der Waals surface area contributed by atoms with E-state index >= 15 is 0 Å². The van der Waals surface area contributed by atoms with Crippen LogP contribution in [0.3, 0.4) is 0 Å². The van der Waals surface area contributed by atoms with E-state index in [1.54, 1.807) is 13.8 Å². The Morgan fingerprint density at radius 3 is 1.90 bits per heavy atom. The van der Waals surface area contributed by atoms with Gasteiger partial charge in [0.1, 0.15) is 0 Å². The summed E-state index contributed by atoms with van der Waals surface area (Å²) in [5, 5.41) is 1.24. The van der Waals surface area contributed by atoms with Crippen LogP contribution in [0.2, 0.25) is 0 Å². The summed E-state index contributed by atoms with van der Waals surface area (Å²) >= 11 is 0. The van der Waals surface area contributed by atoms with Crippen molar-refractivity contribution in [2.45, 2.75) is 13.8 Å². The number of hydrogen-bond acceptors (Lipinski definition) is 4. The topological polar surface area (TPSA) is 46.6 Å². The molecule has 0 aromatic carbocycles. The Balaban J connectivity index is 3.87. The Kier molecular flexibility index (Phi) is 4.19. The molecule has 0 aromatic rings. The van der Waals surface area contributed by atoms with Crippen LogP contribution in [0.25, 0.3) is 0 Å². The molecule has 0 saturated carbocycles. The lowest BCUT2D eigenvalue weighted by molar-refractivity contribution is -0.0381. The molecule has 0 radical (unpaired) electrons. The van der Waals surface area contributed by atoms with E-state index in [1.165, 1.54) is 5.06 Å². The predicted octanol–water partition coefficient (Wildman–Crippen LogP) is 0.743. The Morgan fingerprint density at radius 1 is 1.40 bits per heavy atom. The number of hydrogen-bond donors (Lipinski definition) is 0. The quantitative estimate of drug-likeness (QED) is 0.481. The van der Waals surface area contributed by atoms with Crippen LogP contribution in [0, 0.1) is 0 Å². The Bertz CT molecular complexity index is 175. The minimum Gasteiger partial charge on any atom is -0.180 e. The van der Waals surface area contributed by atoms with E-state index in [4.69, 9.17) is 10.7 Å². The van der Waals surface area contributed by atoms with Gasteiger partial charge in [-0.1, -0.05) is 13.8 Å². The average molecular weight is 188 g/mol. The highest BCUT2D eigenvalue weighted by Gasteiger charge is 2.10. The molecular formula is C4H10ClNO3S. The summed E-state index contributed by atoms with van der Waals surface area (Å²) in [6.45, 7) is 4.52. The van der Waals surface area contributed by atoms with Gasteiger partial charge in [0.25, 0.3) is 0 Å². The highest BCUT2D eigenvalue weighted by atomic mass is 35.7. The molecule has 4 nitrogen and oxygen atoms in total. The lowest BCUT2D eigenvalue weighted by Crippen LogP contribution is -2.24. The van der Waals surface area contributed by atoms with Crippen molar-refractivity contribution in [1.82, 2.24) is 5.06 Å². The molecule has 0 atom stereocenters. The van der Waals surface area contributed by atoms with E-state index in [9.17, 15) is 8.42 Å². The third-order valence-electron chi connectivity index (χ3n) is 0.900. The zero-order chi connectivity index (χ0) is 8.20. The van der Waals surface area contributed by atoms with Crippen molar-refractivity contribution in [2.75, 3.05) is 13.1 Å². The van der Waals surface area contributed by atoms with Crippen LogP contribution in [-0.4, -0.2) is 26.6 Å². The Hall–Kier alpha value is 0.160. The minimum atomic E-state index is -3.85.